The molecule has 0 atom stereocenters. The minimum absolute atomic E-state index is 0.0552. The van der Waals surface area contributed by atoms with Crippen LogP contribution >= 0.6 is 0 Å². The highest BCUT2D eigenvalue weighted by atomic mass is 16.6. The first-order chi connectivity index (χ1) is 15.5. The van der Waals surface area contributed by atoms with Crippen LogP contribution < -0.4 is 16.0 Å². The quantitative estimate of drug-likeness (QED) is 0.486. The molecular formula is C25H31N3O5. The molecule has 0 bridgehead atoms. The zero-order chi connectivity index (χ0) is 24.4. The lowest BCUT2D eigenvalue weighted by Crippen LogP contribution is -2.34. The van der Waals surface area contributed by atoms with Gasteiger partial charge in [0, 0.05) is 42.7 Å². The molecule has 33 heavy (non-hydrogen) atoms. The van der Waals surface area contributed by atoms with Crippen LogP contribution in [0.2, 0.25) is 0 Å². The molecule has 0 aromatic heterocycles. The largest absolute Gasteiger partial charge is 0.444 e. The number of carbonyl (C=O) groups excluding carboxylic acids is 4. The van der Waals surface area contributed by atoms with Crippen molar-refractivity contribution in [3.8, 4) is 0 Å². The summed E-state index contributed by atoms with van der Waals surface area (Å²) in [5, 5.41) is 7.98. The van der Waals surface area contributed by atoms with E-state index in [1.165, 1.54) is 0 Å². The van der Waals surface area contributed by atoms with E-state index in [0.717, 1.165) is 5.56 Å². The van der Waals surface area contributed by atoms with Crippen LogP contribution in [0.25, 0.3) is 0 Å². The number of hydrogen-bond acceptors (Lipinski definition) is 5. The van der Waals surface area contributed by atoms with Crippen molar-refractivity contribution in [2.75, 3.05) is 17.2 Å². The van der Waals surface area contributed by atoms with E-state index in [0.29, 0.717) is 16.9 Å². The molecular weight excluding hydrogens is 422 g/mol. The lowest BCUT2D eigenvalue weighted by molar-refractivity contribution is -0.116. The predicted molar refractivity (Wildman–Crippen MR) is 127 cm³/mol. The first kappa shape index (κ1) is 25.6. The van der Waals surface area contributed by atoms with Gasteiger partial charge in [0.15, 0.2) is 5.78 Å². The Labute approximate surface area is 194 Å². The third kappa shape index (κ3) is 9.99. The lowest BCUT2D eigenvalue weighted by Gasteiger charge is -2.19. The Balaban J connectivity index is 1.77. The lowest BCUT2D eigenvalue weighted by atomic mass is 10.0. The molecule has 0 heterocycles. The van der Waals surface area contributed by atoms with Crippen molar-refractivity contribution in [2.24, 2.45) is 0 Å². The van der Waals surface area contributed by atoms with Gasteiger partial charge in [-0.1, -0.05) is 35.9 Å². The maximum Gasteiger partial charge on any atom is 0.407 e. The number of Topliss-reactive ketones (excluding diaryl/α,β-unsaturated/α-hetero) is 1. The van der Waals surface area contributed by atoms with Crippen molar-refractivity contribution in [1.82, 2.24) is 5.32 Å². The predicted octanol–water partition coefficient (Wildman–Crippen LogP) is 4.45. The summed E-state index contributed by atoms with van der Waals surface area (Å²) in [7, 11) is 0. The van der Waals surface area contributed by atoms with Crippen LogP contribution in [0, 0.1) is 6.92 Å². The van der Waals surface area contributed by atoms with Gasteiger partial charge in [-0.05, 0) is 45.9 Å². The first-order valence-corrected chi connectivity index (χ1v) is 10.8. The van der Waals surface area contributed by atoms with E-state index in [9.17, 15) is 19.2 Å². The minimum atomic E-state index is -0.606. The standard InChI is InChI=1S/C25H31N3O5/c1-17-8-10-18(11-9-17)21(29)12-13-22(30)27-19-6-5-7-20(16-19)28-23(31)14-15-26-24(32)33-25(2,3)4/h5-11,16H,12-15H2,1-4H3,(H,26,32)(H,27,30)(H,28,31). The maximum absolute atomic E-state index is 12.2. The molecule has 0 saturated carbocycles. The van der Waals surface area contributed by atoms with E-state index in [4.69, 9.17) is 4.74 Å². The number of amides is 3. The summed E-state index contributed by atoms with van der Waals surface area (Å²) < 4.78 is 5.11. The van der Waals surface area contributed by atoms with Gasteiger partial charge in [0.25, 0.3) is 0 Å². The van der Waals surface area contributed by atoms with Gasteiger partial charge < -0.3 is 20.7 Å². The van der Waals surface area contributed by atoms with Crippen LogP contribution in [-0.2, 0) is 14.3 Å². The number of alkyl carbamates (subject to hydrolysis) is 1. The Morgan fingerprint density at radius 1 is 0.818 bits per heavy atom. The van der Waals surface area contributed by atoms with Crippen LogP contribution in [0.5, 0.6) is 0 Å². The Morgan fingerprint density at radius 2 is 1.39 bits per heavy atom. The first-order valence-electron chi connectivity index (χ1n) is 10.8. The Hall–Kier alpha value is -3.68. The zero-order valence-corrected chi connectivity index (χ0v) is 19.5. The summed E-state index contributed by atoms with van der Waals surface area (Å²) in [5.41, 5.74) is 2.05. The number of benzene rings is 2. The molecule has 0 saturated heterocycles. The summed E-state index contributed by atoms with van der Waals surface area (Å²) in [6, 6.07) is 13.9. The van der Waals surface area contributed by atoms with Crippen LogP contribution in [0.4, 0.5) is 16.2 Å². The number of nitrogens with one attached hydrogen (secondary N) is 3. The van der Waals surface area contributed by atoms with Gasteiger partial charge in [-0.25, -0.2) is 4.79 Å². The van der Waals surface area contributed by atoms with Crippen molar-refractivity contribution in [1.29, 1.82) is 0 Å². The zero-order valence-electron chi connectivity index (χ0n) is 19.5. The third-order valence-electron chi connectivity index (χ3n) is 4.40. The van der Waals surface area contributed by atoms with E-state index in [2.05, 4.69) is 16.0 Å². The van der Waals surface area contributed by atoms with Crippen molar-refractivity contribution in [3.63, 3.8) is 0 Å². The monoisotopic (exact) mass is 453 g/mol. The van der Waals surface area contributed by atoms with Crippen LogP contribution in [0.3, 0.4) is 0 Å². The molecule has 0 aliphatic rings. The van der Waals surface area contributed by atoms with Crippen LogP contribution in [0.1, 0.15) is 56.0 Å². The Kier molecular flexibility index (Phi) is 9.15. The van der Waals surface area contributed by atoms with E-state index >= 15 is 0 Å². The molecule has 8 heteroatoms. The average Bonchev–Trinajstić information content (AvgIpc) is 2.71. The molecule has 3 amide bonds. The van der Waals surface area contributed by atoms with E-state index in [1.807, 2.05) is 19.1 Å². The number of anilines is 2. The van der Waals surface area contributed by atoms with Crippen molar-refractivity contribution < 1.29 is 23.9 Å². The highest BCUT2D eigenvalue weighted by molar-refractivity contribution is 6.00. The van der Waals surface area contributed by atoms with Gasteiger partial charge in [0.1, 0.15) is 5.60 Å². The SMILES string of the molecule is Cc1ccc(C(=O)CCC(=O)Nc2cccc(NC(=O)CCNC(=O)OC(C)(C)C)c2)cc1. The van der Waals surface area contributed by atoms with Crippen LogP contribution in [-0.4, -0.2) is 35.8 Å². The Morgan fingerprint density at radius 3 is 1.97 bits per heavy atom. The molecule has 176 valence electrons. The second kappa shape index (κ2) is 11.8. The molecule has 2 aromatic rings. The van der Waals surface area contributed by atoms with E-state index < -0.39 is 11.7 Å². The molecule has 0 radical (unpaired) electrons. The molecule has 2 rings (SSSR count). The van der Waals surface area contributed by atoms with Gasteiger partial charge in [-0.2, -0.15) is 0 Å². The van der Waals surface area contributed by atoms with Gasteiger partial charge in [0.05, 0.1) is 0 Å². The smallest absolute Gasteiger partial charge is 0.407 e. The second-order valence-electron chi connectivity index (χ2n) is 8.65. The number of hydrogen-bond donors (Lipinski definition) is 3. The van der Waals surface area contributed by atoms with Crippen molar-refractivity contribution in [3.05, 3.63) is 59.7 Å². The average molecular weight is 454 g/mol. The third-order valence-corrected chi connectivity index (χ3v) is 4.40. The highest BCUT2D eigenvalue weighted by Gasteiger charge is 2.16. The second-order valence-corrected chi connectivity index (χ2v) is 8.65. The summed E-state index contributed by atoms with van der Waals surface area (Å²) in [5.74, 6) is -0.676. The van der Waals surface area contributed by atoms with Gasteiger partial charge in [-0.3, -0.25) is 14.4 Å². The molecule has 0 aliphatic heterocycles. The fourth-order valence-electron chi connectivity index (χ4n) is 2.82. The molecule has 0 spiro atoms. The number of ether oxygens (including phenoxy) is 1. The van der Waals surface area contributed by atoms with Gasteiger partial charge >= 0.3 is 6.09 Å². The fourth-order valence-corrected chi connectivity index (χ4v) is 2.82. The number of aryl methyl sites for hydroxylation is 1. The molecule has 0 aliphatic carbocycles. The minimum Gasteiger partial charge on any atom is -0.444 e. The van der Waals surface area contributed by atoms with Crippen molar-refractivity contribution >= 4 is 35.1 Å². The highest BCUT2D eigenvalue weighted by Crippen LogP contribution is 2.16. The molecule has 2 aromatic carbocycles. The van der Waals surface area contributed by atoms with Crippen LogP contribution in [0.15, 0.2) is 48.5 Å². The molecule has 8 nitrogen and oxygen atoms in total. The summed E-state index contributed by atoms with van der Waals surface area (Å²) in [6.45, 7) is 7.35. The summed E-state index contributed by atoms with van der Waals surface area (Å²) >= 11 is 0. The number of rotatable bonds is 9. The Bertz CT molecular complexity index is 994. The van der Waals surface area contributed by atoms with Crippen molar-refractivity contribution in [2.45, 2.75) is 52.6 Å². The fraction of sp³-hybridized carbons (Fsp3) is 0.360. The van der Waals surface area contributed by atoms with Gasteiger partial charge in [0.2, 0.25) is 11.8 Å². The maximum atomic E-state index is 12.2. The number of carbonyl (C=O) groups is 4. The normalized spacial score (nSPS) is 10.8. The topological polar surface area (TPSA) is 114 Å². The number of ketones is 1. The molecule has 0 unspecified atom stereocenters. The molecule has 3 N–H and O–H groups in total. The van der Waals surface area contributed by atoms with E-state index in [-0.39, 0.29) is 43.4 Å². The van der Waals surface area contributed by atoms with E-state index in [1.54, 1.807) is 57.2 Å². The molecule has 0 fully saturated rings. The van der Waals surface area contributed by atoms with Gasteiger partial charge in [-0.15, -0.1) is 0 Å². The summed E-state index contributed by atoms with van der Waals surface area (Å²) in [6.07, 6.45) is -0.354. The summed E-state index contributed by atoms with van der Waals surface area (Å²) in [4.78, 5) is 48.2.